The number of aliphatic hydroxyl groups excluding tert-OH is 1. The van der Waals surface area contributed by atoms with Gasteiger partial charge in [0.15, 0.2) is 0 Å². The molecule has 0 aromatic heterocycles. The second-order valence-corrected chi connectivity index (χ2v) is 3.24. The van der Waals surface area contributed by atoms with Gasteiger partial charge in [-0.25, -0.2) is 4.39 Å². The van der Waals surface area contributed by atoms with Crippen molar-refractivity contribution < 1.29 is 14.2 Å². The Labute approximate surface area is 89.1 Å². The molecule has 0 radical (unpaired) electrons. The van der Waals surface area contributed by atoms with Crippen LogP contribution in [0.5, 0.6) is 0 Å². The van der Waals surface area contributed by atoms with E-state index in [9.17, 15) is 4.39 Å². The van der Waals surface area contributed by atoms with Crippen molar-refractivity contribution in [1.29, 1.82) is 0 Å². The third-order valence-electron chi connectivity index (χ3n) is 2.06. The second-order valence-electron chi connectivity index (χ2n) is 3.24. The fraction of sp³-hybridized carbons (Fsp3) is 0.455. The van der Waals surface area contributed by atoms with Gasteiger partial charge in [-0.05, 0) is 18.2 Å². The number of nitrogens with zero attached hydrogens (tertiary/aromatic N) is 1. The van der Waals surface area contributed by atoms with Gasteiger partial charge in [-0.15, -0.1) is 0 Å². The van der Waals surface area contributed by atoms with E-state index in [0.717, 1.165) is 5.69 Å². The summed E-state index contributed by atoms with van der Waals surface area (Å²) in [4.78, 5) is 1.90. The standard InChI is InChI=1S/C11H16FNO2/c1-13(5-7-15-8-6-14)11-4-2-3-10(12)9-11/h2-4,9,14H,5-8H2,1H3. The fourth-order valence-corrected chi connectivity index (χ4v) is 1.21. The molecule has 0 atom stereocenters. The lowest BCUT2D eigenvalue weighted by molar-refractivity contribution is 0.0971. The molecule has 1 aromatic rings. The van der Waals surface area contributed by atoms with Gasteiger partial charge >= 0.3 is 0 Å². The van der Waals surface area contributed by atoms with Crippen molar-refractivity contribution in [2.45, 2.75) is 0 Å². The summed E-state index contributed by atoms with van der Waals surface area (Å²) in [6, 6.07) is 6.41. The Morgan fingerprint density at radius 2 is 2.20 bits per heavy atom. The summed E-state index contributed by atoms with van der Waals surface area (Å²) in [7, 11) is 1.87. The average molecular weight is 213 g/mol. The first-order chi connectivity index (χ1) is 7.24. The van der Waals surface area contributed by atoms with Crippen LogP contribution in [0.15, 0.2) is 24.3 Å². The van der Waals surface area contributed by atoms with E-state index in [0.29, 0.717) is 19.8 Å². The lowest BCUT2D eigenvalue weighted by Crippen LogP contribution is -2.23. The maximum Gasteiger partial charge on any atom is 0.125 e. The monoisotopic (exact) mass is 213 g/mol. The third-order valence-corrected chi connectivity index (χ3v) is 2.06. The molecule has 0 unspecified atom stereocenters. The second kappa shape index (κ2) is 6.37. The number of anilines is 1. The van der Waals surface area contributed by atoms with E-state index >= 15 is 0 Å². The highest BCUT2D eigenvalue weighted by Crippen LogP contribution is 2.13. The van der Waals surface area contributed by atoms with Crippen LogP contribution in [-0.4, -0.2) is 38.5 Å². The van der Waals surface area contributed by atoms with Crippen molar-refractivity contribution >= 4 is 5.69 Å². The van der Waals surface area contributed by atoms with E-state index in [4.69, 9.17) is 9.84 Å². The average Bonchev–Trinajstić information content (AvgIpc) is 2.24. The summed E-state index contributed by atoms with van der Waals surface area (Å²) in [5, 5.41) is 8.50. The van der Waals surface area contributed by atoms with E-state index < -0.39 is 0 Å². The zero-order chi connectivity index (χ0) is 11.1. The molecule has 0 bridgehead atoms. The number of hydrogen-bond acceptors (Lipinski definition) is 3. The lowest BCUT2D eigenvalue weighted by atomic mass is 10.3. The SMILES string of the molecule is CN(CCOCCO)c1cccc(F)c1. The van der Waals surface area contributed by atoms with Crippen LogP contribution in [0.25, 0.3) is 0 Å². The maximum absolute atomic E-state index is 12.9. The van der Waals surface area contributed by atoms with Gasteiger partial charge in [0.25, 0.3) is 0 Å². The van der Waals surface area contributed by atoms with E-state index in [-0.39, 0.29) is 12.4 Å². The van der Waals surface area contributed by atoms with Gasteiger partial charge in [-0.3, -0.25) is 0 Å². The highest BCUT2D eigenvalue weighted by molar-refractivity contribution is 5.45. The molecule has 4 heteroatoms. The highest BCUT2D eigenvalue weighted by Gasteiger charge is 2.01. The van der Waals surface area contributed by atoms with Crippen molar-refractivity contribution in [2.24, 2.45) is 0 Å². The number of hydrogen-bond donors (Lipinski definition) is 1. The fourth-order valence-electron chi connectivity index (χ4n) is 1.21. The Balaban J connectivity index is 2.36. The molecular formula is C11H16FNO2. The molecular weight excluding hydrogens is 197 g/mol. The Bertz CT molecular complexity index is 294. The predicted octanol–water partition coefficient (Wildman–Crippen LogP) is 1.27. The van der Waals surface area contributed by atoms with Gasteiger partial charge < -0.3 is 14.7 Å². The van der Waals surface area contributed by atoms with Crippen molar-refractivity contribution in [1.82, 2.24) is 0 Å². The molecule has 0 aliphatic rings. The predicted molar refractivity (Wildman–Crippen MR) is 57.6 cm³/mol. The molecule has 0 spiro atoms. The van der Waals surface area contributed by atoms with Crippen molar-refractivity contribution in [3.05, 3.63) is 30.1 Å². The smallest absolute Gasteiger partial charge is 0.125 e. The van der Waals surface area contributed by atoms with Crippen LogP contribution in [0.1, 0.15) is 0 Å². The van der Waals surface area contributed by atoms with Gasteiger partial charge in [-0.2, -0.15) is 0 Å². The van der Waals surface area contributed by atoms with Gasteiger partial charge in [0.1, 0.15) is 5.82 Å². The lowest BCUT2D eigenvalue weighted by Gasteiger charge is -2.18. The first-order valence-electron chi connectivity index (χ1n) is 4.89. The maximum atomic E-state index is 12.9. The first kappa shape index (κ1) is 11.9. The van der Waals surface area contributed by atoms with Crippen LogP contribution < -0.4 is 4.90 Å². The van der Waals surface area contributed by atoms with Gasteiger partial charge in [0.05, 0.1) is 19.8 Å². The minimum atomic E-state index is -0.240. The summed E-state index contributed by atoms with van der Waals surface area (Å²) in [6.45, 7) is 1.57. The quantitative estimate of drug-likeness (QED) is 0.722. The summed E-state index contributed by atoms with van der Waals surface area (Å²) in [6.07, 6.45) is 0. The topological polar surface area (TPSA) is 32.7 Å². The van der Waals surface area contributed by atoms with Gasteiger partial charge in [0, 0.05) is 19.3 Å². The molecule has 1 aromatic carbocycles. The Kier molecular flexibility index (Phi) is 5.07. The Hall–Kier alpha value is -1.13. The first-order valence-corrected chi connectivity index (χ1v) is 4.89. The van der Waals surface area contributed by atoms with Gasteiger partial charge in [0.2, 0.25) is 0 Å². The Morgan fingerprint density at radius 3 is 2.87 bits per heavy atom. The summed E-state index contributed by atoms with van der Waals surface area (Å²) in [5.41, 5.74) is 0.822. The highest BCUT2D eigenvalue weighted by atomic mass is 19.1. The molecule has 0 heterocycles. The van der Waals surface area contributed by atoms with Crippen LogP contribution in [0, 0.1) is 5.82 Å². The minimum Gasteiger partial charge on any atom is -0.394 e. The molecule has 15 heavy (non-hydrogen) atoms. The largest absolute Gasteiger partial charge is 0.394 e. The molecule has 1 N–H and O–H groups in total. The van der Waals surface area contributed by atoms with Crippen molar-refractivity contribution in [2.75, 3.05) is 38.3 Å². The van der Waals surface area contributed by atoms with Gasteiger partial charge in [-0.1, -0.05) is 6.07 Å². The number of benzene rings is 1. The van der Waals surface area contributed by atoms with Crippen molar-refractivity contribution in [3.8, 4) is 0 Å². The Morgan fingerprint density at radius 1 is 1.40 bits per heavy atom. The summed E-state index contributed by atoms with van der Waals surface area (Å²) in [5.74, 6) is -0.240. The minimum absolute atomic E-state index is 0.0314. The number of likely N-dealkylation sites (N-methyl/N-ethyl adjacent to an activating group) is 1. The summed E-state index contributed by atoms with van der Waals surface area (Å²) >= 11 is 0. The molecule has 84 valence electrons. The number of rotatable bonds is 6. The molecule has 0 fully saturated rings. The van der Waals surface area contributed by atoms with E-state index in [1.807, 2.05) is 18.0 Å². The summed E-state index contributed by atoms with van der Waals surface area (Å²) < 4.78 is 18.0. The van der Waals surface area contributed by atoms with Crippen molar-refractivity contribution in [3.63, 3.8) is 0 Å². The van der Waals surface area contributed by atoms with Crippen LogP contribution in [0.3, 0.4) is 0 Å². The normalized spacial score (nSPS) is 10.3. The molecule has 0 saturated heterocycles. The number of ether oxygens (including phenoxy) is 1. The zero-order valence-corrected chi connectivity index (χ0v) is 8.82. The van der Waals surface area contributed by atoms with E-state index in [2.05, 4.69) is 0 Å². The third kappa shape index (κ3) is 4.27. The van der Waals surface area contributed by atoms with Crippen LogP contribution >= 0.6 is 0 Å². The number of aliphatic hydroxyl groups is 1. The molecule has 0 aliphatic heterocycles. The zero-order valence-electron chi connectivity index (χ0n) is 8.82. The molecule has 0 saturated carbocycles. The molecule has 1 rings (SSSR count). The van der Waals surface area contributed by atoms with E-state index in [1.165, 1.54) is 12.1 Å². The molecule has 0 amide bonds. The molecule has 3 nitrogen and oxygen atoms in total. The van der Waals surface area contributed by atoms with Crippen LogP contribution in [0.2, 0.25) is 0 Å². The van der Waals surface area contributed by atoms with Crippen LogP contribution in [-0.2, 0) is 4.74 Å². The van der Waals surface area contributed by atoms with E-state index in [1.54, 1.807) is 6.07 Å². The number of halogens is 1. The van der Waals surface area contributed by atoms with Crippen LogP contribution in [0.4, 0.5) is 10.1 Å². The molecule has 0 aliphatic carbocycles.